The highest BCUT2D eigenvalue weighted by molar-refractivity contribution is 6.32. The van der Waals surface area contributed by atoms with E-state index in [0.717, 1.165) is 31.3 Å². The van der Waals surface area contributed by atoms with Crippen molar-refractivity contribution in [2.75, 3.05) is 6.61 Å². The molecular weight excluding hydrogens is 420 g/mol. The summed E-state index contributed by atoms with van der Waals surface area (Å²) in [6.45, 7) is 3.31. The molecule has 0 unspecified atom stereocenters. The van der Waals surface area contributed by atoms with E-state index >= 15 is 0 Å². The summed E-state index contributed by atoms with van der Waals surface area (Å²) in [7, 11) is 0.797. The summed E-state index contributed by atoms with van der Waals surface area (Å²) in [5.41, 5.74) is -4.89. The number of alkyl halides is 3. The van der Waals surface area contributed by atoms with E-state index < -0.39 is 40.6 Å². The van der Waals surface area contributed by atoms with Gasteiger partial charge in [-0.15, -0.1) is 0 Å². The van der Waals surface area contributed by atoms with Gasteiger partial charge in [-0.2, -0.15) is 13.2 Å². The molecule has 29 heavy (non-hydrogen) atoms. The summed E-state index contributed by atoms with van der Waals surface area (Å²) < 4.78 is 58.3. The summed E-state index contributed by atoms with van der Waals surface area (Å²) in [5.74, 6) is -1.89. The molecule has 2 rings (SSSR count). The van der Waals surface area contributed by atoms with Crippen LogP contribution in [0.15, 0.2) is 46.5 Å². The smallest absolute Gasteiger partial charge is 0.431 e. The van der Waals surface area contributed by atoms with Gasteiger partial charge >= 0.3 is 17.8 Å². The quantitative estimate of drug-likeness (QED) is 0.315. The molecular formula is C18H13ClF4N2O4. The lowest BCUT2D eigenvalue weighted by molar-refractivity contribution is -0.144. The molecule has 1 aromatic carbocycles. The number of esters is 1. The van der Waals surface area contributed by atoms with E-state index in [1.54, 1.807) is 0 Å². The van der Waals surface area contributed by atoms with Crippen molar-refractivity contribution in [2.24, 2.45) is 7.05 Å². The molecule has 1 heterocycles. The maximum Gasteiger partial charge on any atom is 0.431 e. The van der Waals surface area contributed by atoms with E-state index in [2.05, 4.69) is 6.58 Å². The van der Waals surface area contributed by atoms with Gasteiger partial charge in [-0.05, 0) is 23.8 Å². The van der Waals surface area contributed by atoms with Crippen LogP contribution in [-0.4, -0.2) is 21.7 Å². The molecule has 0 bridgehead atoms. The molecule has 6 nitrogen and oxygen atoms in total. The molecule has 0 saturated heterocycles. The maximum absolute atomic E-state index is 14.4. The van der Waals surface area contributed by atoms with Gasteiger partial charge in [0.2, 0.25) is 0 Å². The van der Waals surface area contributed by atoms with Crippen LogP contribution in [0.25, 0.3) is 11.8 Å². The van der Waals surface area contributed by atoms with Crippen molar-refractivity contribution in [3.63, 3.8) is 0 Å². The summed E-state index contributed by atoms with van der Waals surface area (Å²) in [6, 6.07) is 1.89. The van der Waals surface area contributed by atoms with E-state index in [4.69, 9.17) is 16.3 Å². The Morgan fingerprint density at radius 3 is 2.52 bits per heavy atom. The van der Waals surface area contributed by atoms with Crippen LogP contribution in [0, 0.1) is 5.82 Å². The van der Waals surface area contributed by atoms with Crippen LogP contribution >= 0.6 is 11.6 Å². The average Bonchev–Trinajstić information content (AvgIpc) is 2.62. The van der Waals surface area contributed by atoms with Crippen molar-refractivity contribution in [3.8, 4) is 5.69 Å². The summed E-state index contributed by atoms with van der Waals surface area (Å²) in [6.07, 6.45) is -1.53. The average molecular weight is 433 g/mol. The number of benzene rings is 1. The molecule has 0 N–H and O–H groups in total. The fourth-order valence-corrected chi connectivity index (χ4v) is 2.53. The first kappa shape index (κ1) is 22.2. The first-order valence-electron chi connectivity index (χ1n) is 7.82. The second kappa shape index (κ2) is 8.48. The minimum Gasteiger partial charge on any atom is -0.458 e. The lowest BCUT2D eigenvalue weighted by atomic mass is 10.1. The first-order chi connectivity index (χ1) is 13.5. The number of carbonyl (C=O) groups excluding carboxylic acids is 1. The third kappa shape index (κ3) is 4.83. The number of carbonyl (C=O) groups is 1. The maximum atomic E-state index is 14.4. The second-order valence-corrected chi connectivity index (χ2v) is 6.03. The Balaban J connectivity index is 2.62. The molecule has 0 aliphatic heterocycles. The molecule has 1 aromatic heterocycles. The normalized spacial score (nSPS) is 11.7. The van der Waals surface area contributed by atoms with Gasteiger partial charge in [0.15, 0.2) is 0 Å². The molecule has 0 radical (unpaired) electrons. The largest absolute Gasteiger partial charge is 0.458 e. The predicted molar refractivity (Wildman–Crippen MR) is 97.4 cm³/mol. The van der Waals surface area contributed by atoms with Gasteiger partial charge in [-0.3, -0.25) is 9.36 Å². The number of ether oxygens (including phenoxy) is 1. The third-order valence-corrected chi connectivity index (χ3v) is 3.99. The highest BCUT2D eigenvalue weighted by atomic mass is 35.5. The topological polar surface area (TPSA) is 70.3 Å². The van der Waals surface area contributed by atoms with Gasteiger partial charge in [-0.25, -0.2) is 18.5 Å². The minimum absolute atomic E-state index is 0.0208. The van der Waals surface area contributed by atoms with Gasteiger partial charge in [-0.1, -0.05) is 24.3 Å². The number of rotatable bonds is 5. The summed E-state index contributed by atoms with van der Waals surface area (Å²) in [4.78, 5) is 36.0. The Kier molecular flexibility index (Phi) is 6.48. The molecule has 0 spiro atoms. The van der Waals surface area contributed by atoms with Gasteiger partial charge in [0.05, 0.1) is 10.7 Å². The van der Waals surface area contributed by atoms with Crippen LogP contribution in [0.2, 0.25) is 5.02 Å². The Morgan fingerprint density at radius 2 is 1.93 bits per heavy atom. The van der Waals surface area contributed by atoms with E-state index in [1.807, 2.05) is 0 Å². The lowest BCUT2D eigenvalue weighted by Crippen LogP contribution is -2.41. The minimum atomic E-state index is -4.95. The predicted octanol–water partition coefficient (Wildman–Crippen LogP) is 3.09. The Bertz CT molecular complexity index is 1120. The number of nitrogens with zero attached hydrogens (tertiary/aromatic N) is 2. The number of halogens is 5. The molecule has 0 aliphatic rings. The van der Waals surface area contributed by atoms with Crippen molar-refractivity contribution < 1.29 is 27.1 Å². The van der Waals surface area contributed by atoms with Crippen LogP contribution in [-0.2, 0) is 22.8 Å². The Hall–Kier alpha value is -3.14. The fourth-order valence-electron chi connectivity index (χ4n) is 2.32. The van der Waals surface area contributed by atoms with E-state index in [9.17, 15) is 31.9 Å². The van der Waals surface area contributed by atoms with E-state index in [0.29, 0.717) is 0 Å². The lowest BCUT2D eigenvalue weighted by Gasteiger charge is -2.15. The van der Waals surface area contributed by atoms with Crippen LogP contribution in [0.5, 0.6) is 0 Å². The van der Waals surface area contributed by atoms with Gasteiger partial charge < -0.3 is 4.74 Å². The number of hydrogen-bond donors (Lipinski definition) is 0. The number of aromatic nitrogens is 2. The molecule has 2 aromatic rings. The summed E-state index contributed by atoms with van der Waals surface area (Å²) >= 11 is 5.89. The van der Waals surface area contributed by atoms with Crippen molar-refractivity contribution >= 4 is 23.6 Å². The Morgan fingerprint density at radius 1 is 1.28 bits per heavy atom. The van der Waals surface area contributed by atoms with Crippen molar-refractivity contribution in [1.29, 1.82) is 0 Å². The monoisotopic (exact) mass is 432 g/mol. The van der Waals surface area contributed by atoms with Crippen molar-refractivity contribution in [3.05, 3.63) is 79.9 Å². The van der Waals surface area contributed by atoms with Crippen LogP contribution < -0.4 is 11.2 Å². The molecule has 0 aliphatic carbocycles. The van der Waals surface area contributed by atoms with Gasteiger partial charge in [0.1, 0.15) is 18.1 Å². The zero-order chi connectivity index (χ0) is 21.9. The molecule has 0 saturated carbocycles. The van der Waals surface area contributed by atoms with Crippen molar-refractivity contribution in [1.82, 2.24) is 9.13 Å². The molecule has 0 atom stereocenters. The zero-order valence-corrected chi connectivity index (χ0v) is 15.6. The Labute approximate surface area is 165 Å². The molecule has 0 amide bonds. The van der Waals surface area contributed by atoms with Crippen LogP contribution in [0.4, 0.5) is 17.6 Å². The van der Waals surface area contributed by atoms with Crippen LogP contribution in [0.3, 0.4) is 0 Å². The highest BCUT2D eigenvalue weighted by Gasteiger charge is 2.35. The molecule has 11 heteroatoms. The third-order valence-electron chi connectivity index (χ3n) is 3.66. The van der Waals surface area contributed by atoms with Gasteiger partial charge in [0.25, 0.3) is 5.56 Å². The molecule has 154 valence electrons. The van der Waals surface area contributed by atoms with Gasteiger partial charge in [0, 0.05) is 19.2 Å². The first-order valence-corrected chi connectivity index (χ1v) is 8.20. The summed E-state index contributed by atoms with van der Waals surface area (Å²) in [5, 5.41) is -0.171. The fraction of sp³-hybridized carbons (Fsp3) is 0.167. The highest BCUT2D eigenvalue weighted by Crippen LogP contribution is 2.27. The second-order valence-electron chi connectivity index (χ2n) is 5.62. The number of hydrogen-bond acceptors (Lipinski definition) is 4. The van der Waals surface area contributed by atoms with E-state index in [-0.39, 0.29) is 32.4 Å². The SMILES string of the molecule is C=CCOC(=O)/C=C/c1cc(-n2c(=O)cc(C(F)(F)F)n(C)c2=O)c(F)cc1Cl. The van der Waals surface area contributed by atoms with Crippen LogP contribution in [0.1, 0.15) is 11.3 Å². The van der Waals surface area contributed by atoms with Crippen molar-refractivity contribution in [2.45, 2.75) is 6.18 Å². The van der Waals surface area contributed by atoms with E-state index in [1.165, 1.54) is 6.08 Å². The zero-order valence-electron chi connectivity index (χ0n) is 14.8. The molecule has 0 fully saturated rings. The standard InChI is InChI=1S/C18H13ClF4N2O4/c1-3-6-29-16(27)5-4-10-7-13(12(20)8-11(10)19)25-15(26)9-14(18(21,22)23)24(2)17(25)28/h3-5,7-9H,1,6H2,2H3/b5-4+.